The van der Waals surface area contributed by atoms with Gasteiger partial charge < -0.3 is 24.2 Å². The number of ketones is 1. The van der Waals surface area contributed by atoms with Crippen LogP contribution < -0.4 is 14.2 Å². The zero-order valence-corrected chi connectivity index (χ0v) is 19.3. The summed E-state index contributed by atoms with van der Waals surface area (Å²) in [4.78, 5) is 27.6. The Morgan fingerprint density at radius 1 is 1.00 bits per heavy atom. The van der Waals surface area contributed by atoms with Crippen molar-refractivity contribution in [2.75, 3.05) is 27.9 Å². The standard InChI is InChI=1S/C25H29NO6/c1-7-11-26-21(16-9-8-10-18(30-4)24(16)32-6)20(23(28)25(26)29)22(27)17-12-15(3)19(31-5)13-14(17)2/h8-10,12-13,21,27H,7,11H2,1-6H3/b22-20+. The molecule has 1 aliphatic heterocycles. The normalized spacial score (nSPS) is 17.6. The molecule has 1 amide bonds. The first-order chi connectivity index (χ1) is 15.3. The monoisotopic (exact) mass is 439 g/mol. The van der Waals surface area contributed by atoms with Crippen LogP contribution in [0, 0.1) is 13.8 Å². The molecule has 2 aromatic carbocycles. The van der Waals surface area contributed by atoms with Gasteiger partial charge in [0.15, 0.2) is 11.5 Å². The molecule has 0 bridgehead atoms. The lowest BCUT2D eigenvalue weighted by Gasteiger charge is -2.27. The van der Waals surface area contributed by atoms with Crippen molar-refractivity contribution in [2.24, 2.45) is 0 Å². The van der Waals surface area contributed by atoms with Crippen LogP contribution in [0.4, 0.5) is 0 Å². The molecule has 32 heavy (non-hydrogen) atoms. The zero-order chi connectivity index (χ0) is 23.6. The summed E-state index contributed by atoms with van der Waals surface area (Å²) < 4.78 is 16.4. The quantitative estimate of drug-likeness (QED) is 0.396. The van der Waals surface area contributed by atoms with E-state index in [9.17, 15) is 14.7 Å². The van der Waals surface area contributed by atoms with Crippen molar-refractivity contribution in [3.05, 3.63) is 58.2 Å². The number of likely N-dealkylation sites (tertiary alicyclic amines) is 1. The molecule has 1 unspecified atom stereocenters. The van der Waals surface area contributed by atoms with Gasteiger partial charge in [-0.05, 0) is 49.6 Å². The molecule has 1 N–H and O–H groups in total. The third-order valence-electron chi connectivity index (χ3n) is 5.73. The van der Waals surface area contributed by atoms with E-state index in [4.69, 9.17) is 14.2 Å². The number of hydrogen-bond donors (Lipinski definition) is 1. The molecular weight excluding hydrogens is 410 g/mol. The highest BCUT2D eigenvalue weighted by Gasteiger charge is 2.47. The third kappa shape index (κ3) is 3.79. The van der Waals surface area contributed by atoms with Gasteiger partial charge in [0.1, 0.15) is 11.5 Å². The van der Waals surface area contributed by atoms with Gasteiger partial charge in [-0.15, -0.1) is 0 Å². The summed E-state index contributed by atoms with van der Waals surface area (Å²) in [7, 11) is 4.60. The number of Topliss-reactive ketones (excluding diaryl/α,β-unsaturated/α-hetero) is 1. The minimum absolute atomic E-state index is 0.0302. The lowest BCUT2D eigenvalue weighted by Crippen LogP contribution is -2.30. The Morgan fingerprint density at radius 2 is 1.69 bits per heavy atom. The number of para-hydroxylation sites is 1. The summed E-state index contributed by atoms with van der Waals surface area (Å²) in [5.74, 6) is -0.0264. The fraction of sp³-hybridized carbons (Fsp3) is 0.360. The van der Waals surface area contributed by atoms with Crippen molar-refractivity contribution >= 4 is 17.4 Å². The fourth-order valence-electron chi connectivity index (χ4n) is 4.21. The summed E-state index contributed by atoms with van der Waals surface area (Å²) in [6.45, 7) is 5.96. The van der Waals surface area contributed by atoms with Crippen LogP contribution in [0.15, 0.2) is 35.9 Å². The van der Waals surface area contributed by atoms with E-state index in [1.165, 1.54) is 19.1 Å². The lowest BCUT2D eigenvalue weighted by molar-refractivity contribution is -0.139. The van der Waals surface area contributed by atoms with E-state index in [-0.39, 0.29) is 11.3 Å². The molecule has 0 radical (unpaired) electrons. The number of methoxy groups -OCH3 is 3. The number of aryl methyl sites for hydroxylation is 2. The second-order valence-corrected chi connectivity index (χ2v) is 7.71. The number of carbonyl (C=O) groups excluding carboxylic acids is 2. The van der Waals surface area contributed by atoms with Crippen molar-refractivity contribution in [2.45, 2.75) is 33.2 Å². The predicted octanol–water partition coefficient (Wildman–Crippen LogP) is 4.16. The smallest absolute Gasteiger partial charge is 0.295 e. The maximum absolute atomic E-state index is 13.2. The highest BCUT2D eigenvalue weighted by molar-refractivity contribution is 6.46. The van der Waals surface area contributed by atoms with E-state index in [1.54, 1.807) is 37.4 Å². The molecule has 1 atom stereocenters. The van der Waals surface area contributed by atoms with Crippen LogP contribution in [0.3, 0.4) is 0 Å². The van der Waals surface area contributed by atoms with E-state index in [0.29, 0.717) is 41.3 Å². The Morgan fingerprint density at radius 3 is 2.28 bits per heavy atom. The molecule has 0 aliphatic carbocycles. The van der Waals surface area contributed by atoms with Crippen LogP contribution in [0.25, 0.3) is 5.76 Å². The van der Waals surface area contributed by atoms with Crippen LogP contribution in [-0.4, -0.2) is 49.6 Å². The molecule has 7 heteroatoms. The summed E-state index contributed by atoms with van der Waals surface area (Å²) in [6.07, 6.45) is 0.649. The summed E-state index contributed by atoms with van der Waals surface area (Å²) in [6, 6.07) is 8.04. The molecule has 0 saturated carbocycles. The van der Waals surface area contributed by atoms with Crippen LogP contribution >= 0.6 is 0 Å². The van der Waals surface area contributed by atoms with Crippen molar-refractivity contribution in [3.8, 4) is 17.2 Å². The number of aliphatic hydroxyl groups excluding tert-OH is 1. The van der Waals surface area contributed by atoms with Gasteiger partial charge in [-0.1, -0.05) is 19.1 Å². The topological polar surface area (TPSA) is 85.3 Å². The SMILES string of the molecule is CCCN1C(=O)C(=O)/C(=C(/O)c2cc(C)c(OC)cc2C)C1c1cccc(OC)c1OC. The predicted molar refractivity (Wildman–Crippen MR) is 121 cm³/mol. The summed E-state index contributed by atoms with van der Waals surface area (Å²) in [5, 5.41) is 11.4. The Labute approximate surface area is 188 Å². The van der Waals surface area contributed by atoms with E-state index < -0.39 is 17.7 Å². The number of benzene rings is 2. The summed E-state index contributed by atoms with van der Waals surface area (Å²) in [5.41, 5.74) is 2.61. The van der Waals surface area contributed by atoms with Gasteiger partial charge >= 0.3 is 0 Å². The van der Waals surface area contributed by atoms with Gasteiger partial charge in [0, 0.05) is 17.7 Å². The largest absolute Gasteiger partial charge is 0.507 e. The van der Waals surface area contributed by atoms with Crippen molar-refractivity contribution in [1.29, 1.82) is 0 Å². The first-order valence-electron chi connectivity index (χ1n) is 10.5. The van der Waals surface area contributed by atoms with Gasteiger partial charge in [0.05, 0.1) is 32.9 Å². The van der Waals surface area contributed by atoms with Crippen molar-refractivity contribution in [3.63, 3.8) is 0 Å². The number of nitrogens with zero attached hydrogens (tertiary/aromatic N) is 1. The molecule has 1 heterocycles. The number of carbonyl (C=O) groups is 2. The minimum atomic E-state index is -0.804. The molecule has 1 saturated heterocycles. The molecule has 170 valence electrons. The van der Waals surface area contributed by atoms with Gasteiger partial charge in [-0.3, -0.25) is 9.59 Å². The van der Waals surface area contributed by atoms with Crippen LogP contribution in [0.5, 0.6) is 17.2 Å². The van der Waals surface area contributed by atoms with E-state index >= 15 is 0 Å². The average Bonchev–Trinajstić information content (AvgIpc) is 3.04. The van der Waals surface area contributed by atoms with Crippen molar-refractivity contribution < 1.29 is 28.9 Å². The molecule has 7 nitrogen and oxygen atoms in total. The highest BCUT2D eigenvalue weighted by atomic mass is 16.5. The maximum atomic E-state index is 13.2. The lowest BCUT2D eigenvalue weighted by atomic mass is 9.92. The van der Waals surface area contributed by atoms with Crippen LogP contribution in [-0.2, 0) is 9.59 Å². The Bertz CT molecular complexity index is 1090. The Hall–Kier alpha value is -3.48. The maximum Gasteiger partial charge on any atom is 0.295 e. The van der Waals surface area contributed by atoms with E-state index in [1.807, 2.05) is 20.8 Å². The second-order valence-electron chi connectivity index (χ2n) is 7.71. The second kappa shape index (κ2) is 9.34. The minimum Gasteiger partial charge on any atom is -0.507 e. The zero-order valence-electron chi connectivity index (χ0n) is 19.3. The van der Waals surface area contributed by atoms with Crippen LogP contribution in [0.1, 0.15) is 41.6 Å². The Kier molecular flexibility index (Phi) is 6.77. The number of ether oxygens (including phenoxy) is 3. The molecular formula is C25H29NO6. The van der Waals surface area contributed by atoms with Gasteiger partial charge in [-0.2, -0.15) is 0 Å². The van der Waals surface area contributed by atoms with Gasteiger partial charge in [0.2, 0.25) is 0 Å². The van der Waals surface area contributed by atoms with E-state index in [2.05, 4.69) is 0 Å². The number of rotatable bonds is 7. The van der Waals surface area contributed by atoms with Crippen LogP contribution in [0.2, 0.25) is 0 Å². The number of hydrogen-bond acceptors (Lipinski definition) is 6. The Balaban J connectivity index is 2.31. The molecule has 1 aliphatic rings. The third-order valence-corrected chi connectivity index (χ3v) is 5.73. The molecule has 0 aromatic heterocycles. The number of aliphatic hydroxyl groups is 1. The van der Waals surface area contributed by atoms with Gasteiger partial charge in [-0.25, -0.2) is 0 Å². The first-order valence-corrected chi connectivity index (χ1v) is 10.5. The first kappa shape index (κ1) is 23.2. The average molecular weight is 440 g/mol. The highest BCUT2D eigenvalue weighted by Crippen LogP contribution is 2.46. The summed E-state index contributed by atoms with van der Waals surface area (Å²) >= 11 is 0. The molecule has 2 aromatic rings. The molecule has 0 spiro atoms. The van der Waals surface area contributed by atoms with Gasteiger partial charge in [0.25, 0.3) is 11.7 Å². The van der Waals surface area contributed by atoms with E-state index in [0.717, 1.165) is 11.1 Å². The number of amides is 1. The fourth-order valence-corrected chi connectivity index (χ4v) is 4.21. The molecule has 3 rings (SSSR count). The molecule has 1 fully saturated rings. The van der Waals surface area contributed by atoms with Crippen molar-refractivity contribution in [1.82, 2.24) is 4.90 Å².